The van der Waals surface area contributed by atoms with Crippen molar-refractivity contribution in [3.05, 3.63) is 0 Å². The SMILES string of the molecule is CC1CCC1(Br)Br. The Hall–Kier alpha value is 0.960. The van der Waals surface area contributed by atoms with Gasteiger partial charge < -0.3 is 0 Å². The van der Waals surface area contributed by atoms with Gasteiger partial charge in [-0.2, -0.15) is 0 Å². The van der Waals surface area contributed by atoms with Gasteiger partial charge in [-0.3, -0.25) is 0 Å². The van der Waals surface area contributed by atoms with E-state index >= 15 is 0 Å². The standard InChI is InChI=1S/C5H8Br2/c1-4-2-3-5(4,6)7/h4H,2-3H2,1H3. The van der Waals surface area contributed by atoms with Crippen LogP contribution < -0.4 is 0 Å². The van der Waals surface area contributed by atoms with Crippen molar-refractivity contribution in [2.45, 2.75) is 23.0 Å². The van der Waals surface area contributed by atoms with E-state index in [0.29, 0.717) is 3.23 Å². The Bertz CT molecular complexity index is 78.1. The van der Waals surface area contributed by atoms with Gasteiger partial charge in [0.2, 0.25) is 0 Å². The second-order valence-corrected chi connectivity index (χ2v) is 6.10. The molecule has 0 amide bonds. The van der Waals surface area contributed by atoms with Crippen molar-refractivity contribution < 1.29 is 0 Å². The normalized spacial score (nSPS) is 37.3. The van der Waals surface area contributed by atoms with Gasteiger partial charge >= 0.3 is 0 Å². The molecule has 0 aromatic carbocycles. The maximum absolute atomic E-state index is 3.55. The van der Waals surface area contributed by atoms with E-state index < -0.39 is 0 Å². The molecular formula is C5H8Br2. The summed E-state index contributed by atoms with van der Waals surface area (Å²) < 4.78 is 0.306. The predicted molar refractivity (Wildman–Crippen MR) is 39.0 cm³/mol. The summed E-state index contributed by atoms with van der Waals surface area (Å²) in [4.78, 5) is 0. The molecule has 0 bridgehead atoms. The van der Waals surface area contributed by atoms with Crippen LogP contribution in [-0.2, 0) is 0 Å². The Balaban J connectivity index is 2.43. The largest absolute Gasteiger partial charge is 0.0831 e. The molecule has 7 heavy (non-hydrogen) atoms. The van der Waals surface area contributed by atoms with Crippen molar-refractivity contribution >= 4 is 31.9 Å². The summed E-state index contributed by atoms with van der Waals surface area (Å²) >= 11 is 7.09. The molecule has 1 rings (SSSR count). The molecule has 0 saturated heterocycles. The smallest absolute Gasteiger partial charge is 0.0724 e. The van der Waals surface area contributed by atoms with Crippen molar-refractivity contribution in [3.8, 4) is 0 Å². The summed E-state index contributed by atoms with van der Waals surface area (Å²) in [7, 11) is 0. The Morgan fingerprint density at radius 3 is 2.00 bits per heavy atom. The molecule has 2 heteroatoms. The van der Waals surface area contributed by atoms with E-state index in [1.54, 1.807) is 0 Å². The van der Waals surface area contributed by atoms with Crippen LogP contribution in [0.15, 0.2) is 0 Å². The van der Waals surface area contributed by atoms with E-state index in [1.807, 2.05) is 0 Å². The molecule has 1 saturated carbocycles. The predicted octanol–water partition coefficient (Wildman–Crippen LogP) is 2.90. The topological polar surface area (TPSA) is 0 Å². The average Bonchev–Trinajstić information content (AvgIpc) is 1.63. The fourth-order valence-corrected chi connectivity index (χ4v) is 1.57. The van der Waals surface area contributed by atoms with E-state index in [9.17, 15) is 0 Å². The third-order valence-corrected chi connectivity index (χ3v) is 3.99. The Labute approximate surface area is 60.9 Å². The Kier molecular flexibility index (Phi) is 1.50. The molecule has 0 spiro atoms. The first-order chi connectivity index (χ1) is 3.13. The number of hydrogen-bond acceptors (Lipinski definition) is 0. The first-order valence-electron chi connectivity index (χ1n) is 2.51. The van der Waals surface area contributed by atoms with Gasteiger partial charge in [-0.05, 0) is 18.8 Å². The lowest BCUT2D eigenvalue weighted by Gasteiger charge is -2.37. The average molecular weight is 228 g/mol. The molecule has 0 radical (unpaired) electrons. The summed E-state index contributed by atoms with van der Waals surface area (Å²) in [5, 5.41) is 0. The molecule has 42 valence electrons. The van der Waals surface area contributed by atoms with Crippen LogP contribution in [0.4, 0.5) is 0 Å². The molecule has 1 unspecified atom stereocenters. The highest BCUT2D eigenvalue weighted by molar-refractivity contribution is 9.25. The van der Waals surface area contributed by atoms with Gasteiger partial charge in [0.25, 0.3) is 0 Å². The third kappa shape index (κ3) is 1.02. The molecule has 0 N–H and O–H groups in total. The molecule has 1 fully saturated rings. The van der Waals surface area contributed by atoms with Crippen molar-refractivity contribution in [2.24, 2.45) is 5.92 Å². The summed E-state index contributed by atoms with van der Waals surface area (Å²) in [5.74, 6) is 0.812. The summed E-state index contributed by atoms with van der Waals surface area (Å²) in [6, 6.07) is 0. The Morgan fingerprint density at radius 1 is 1.57 bits per heavy atom. The maximum atomic E-state index is 3.55. The second kappa shape index (κ2) is 1.73. The molecule has 1 aliphatic rings. The van der Waals surface area contributed by atoms with Gasteiger partial charge in [-0.1, -0.05) is 38.8 Å². The molecule has 0 heterocycles. The lowest BCUT2D eigenvalue weighted by atomic mass is 9.87. The Morgan fingerprint density at radius 2 is 2.00 bits per heavy atom. The molecule has 0 aliphatic heterocycles. The summed E-state index contributed by atoms with van der Waals surface area (Å²) in [5.41, 5.74) is 0. The van der Waals surface area contributed by atoms with Crippen LogP contribution in [0.2, 0.25) is 0 Å². The van der Waals surface area contributed by atoms with E-state index in [2.05, 4.69) is 38.8 Å². The number of hydrogen-bond donors (Lipinski definition) is 0. The quantitative estimate of drug-likeness (QED) is 0.559. The summed E-state index contributed by atoms with van der Waals surface area (Å²) in [6.45, 7) is 2.24. The van der Waals surface area contributed by atoms with Crippen LogP contribution in [0, 0.1) is 5.92 Å². The van der Waals surface area contributed by atoms with Gasteiger partial charge in [-0.25, -0.2) is 0 Å². The molecule has 0 aromatic heterocycles. The molecule has 0 aromatic rings. The highest BCUT2D eigenvalue weighted by atomic mass is 79.9. The van der Waals surface area contributed by atoms with Crippen LogP contribution in [0.3, 0.4) is 0 Å². The first-order valence-corrected chi connectivity index (χ1v) is 4.09. The zero-order chi connectivity index (χ0) is 5.49. The third-order valence-electron chi connectivity index (χ3n) is 1.63. The lowest BCUT2D eigenvalue weighted by Crippen LogP contribution is -2.32. The minimum absolute atomic E-state index is 0.306. The highest BCUT2D eigenvalue weighted by Gasteiger charge is 2.38. The van der Waals surface area contributed by atoms with Crippen molar-refractivity contribution in [1.29, 1.82) is 0 Å². The van der Waals surface area contributed by atoms with Crippen LogP contribution in [0.5, 0.6) is 0 Å². The minimum Gasteiger partial charge on any atom is -0.0724 e. The minimum atomic E-state index is 0.306. The van der Waals surface area contributed by atoms with Crippen LogP contribution >= 0.6 is 31.9 Å². The monoisotopic (exact) mass is 226 g/mol. The van der Waals surface area contributed by atoms with Crippen molar-refractivity contribution in [2.75, 3.05) is 0 Å². The molecule has 1 atom stereocenters. The van der Waals surface area contributed by atoms with E-state index in [4.69, 9.17) is 0 Å². The van der Waals surface area contributed by atoms with Gasteiger partial charge in [0, 0.05) is 0 Å². The molecule has 1 aliphatic carbocycles. The van der Waals surface area contributed by atoms with E-state index in [0.717, 1.165) is 5.92 Å². The maximum Gasteiger partial charge on any atom is 0.0831 e. The van der Waals surface area contributed by atoms with Gasteiger partial charge in [0.15, 0.2) is 0 Å². The lowest BCUT2D eigenvalue weighted by molar-refractivity contribution is 0.345. The van der Waals surface area contributed by atoms with Gasteiger partial charge in [0.1, 0.15) is 0 Å². The van der Waals surface area contributed by atoms with E-state index in [1.165, 1.54) is 12.8 Å². The number of halogens is 2. The first kappa shape index (κ1) is 6.09. The summed E-state index contributed by atoms with van der Waals surface area (Å²) in [6.07, 6.45) is 2.63. The van der Waals surface area contributed by atoms with Gasteiger partial charge in [0.05, 0.1) is 3.23 Å². The fourth-order valence-electron chi connectivity index (χ4n) is 0.651. The van der Waals surface area contributed by atoms with Crippen LogP contribution in [0.25, 0.3) is 0 Å². The van der Waals surface area contributed by atoms with Crippen LogP contribution in [-0.4, -0.2) is 3.23 Å². The van der Waals surface area contributed by atoms with Gasteiger partial charge in [-0.15, -0.1) is 0 Å². The fraction of sp³-hybridized carbons (Fsp3) is 1.00. The van der Waals surface area contributed by atoms with Crippen molar-refractivity contribution in [3.63, 3.8) is 0 Å². The highest BCUT2D eigenvalue weighted by Crippen LogP contribution is 2.50. The van der Waals surface area contributed by atoms with E-state index in [-0.39, 0.29) is 0 Å². The molecule has 0 nitrogen and oxygen atoms in total. The zero-order valence-electron chi connectivity index (χ0n) is 4.25. The number of rotatable bonds is 0. The van der Waals surface area contributed by atoms with Crippen LogP contribution in [0.1, 0.15) is 19.8 Å². The number of alkyl halides is 2. The zero-order valence-corrected chi connectivity index (χ0v) is 7.42. The second-order valence-electron chi connectivity index (χ2n) is 2.20. The van der Waals surface area contributed by atoms with Crippen molar-refractivity contribution in [1.82, 2.24) is 0 Å². The molecular weight excluding hydrogens is 220 g/mol.